The Kier molecular flexibility index (Phi) is 5.14. The van der Waals surface area contributed by atoms with E-state index < -0.39 is 46.7 Å². The maximum absolute atomic E-state index is 14.8. The molecule has 6 nitrogen and oxygen atoms in total. The fourth-order valence-electron chi connectivity index (χ4n) is 3.89. The van der Waals surface area contributed by atoms with Gasteiger partial charge in [-0.25, -0.2) is 22.2 Å². The predicted molar refractivity (Wildman–Crippen MR) is 112 cm³/mol. The van der Waals surface area contributed by atoms with Gasteiger partial charge in [0.15, 0.2) is 5.82 Å². The van der Waals surface area contributed by atoms with Crippen molar-refractivity contribution in [1.29, 1.82) is 0 Å². The van der Waals surface area contributed by atoms with Crippen LogP contribution in [-0.4, -0.2) is 21.0 Å². The minimum atomic E-state index is -3.36. The molecule has 1 saturated carbocycles. The molecule has 170 valence electrons. The number of fused-ring (bicyclic) bond motifs is 1. The fourth-order valence-corrected chi connectivity index (χ4v) is 3.89. The molecule has 0 amide bonds. The third-order valence-corrected chi connectivity index (χ3v) is 5.99. The Labute approximate surface area is 180 Å². The van der Waals surface area contributed by atoms with Crippen LogP contribution in [0, 0.1) is 5.82 Å². The summed E-state index contributed by atoms with van der Waals surface area (Å²) in [6.45, 7) is 1.46. The zero-order chi connectivity index (χ0) is 23.4. The highest BCUT2D eigenvalue weighted by Gasteiger charge is 2.45. The zero-order valence-electron chi connectivity index (χ0n) is 17.8. The van der Waals surface area contributed by atoms with Crippen LogP contribution in [0.5, 0.6) is 0 Å². The quantitative estimate of drug-likeness (QED) is 0.577. The topological polar surface area (TPSA) is 68.9 Å². The summed E-state index contributed by atoms with van der Waals surface area (Å²) in [6.07, 6.45) is 2.38. The molecular weight excluding hydrogens is 428 g/mol. The van der Waals surface area contributed by atoms with Crippen molar-refractivity contribution in [2.45, 2.75) is 44.2 Å². The molecule has 2 aromatic heterocycles. The molecule has 0 radical (unpaired) electrons. The summed E-state index contributed by atoms with van der Waals surface area (Å²) in [5.74, 6) is -4.26. The summed E-state index contributed by atoms with van der Waals surface area (Å²) < 4.78 is 58.2. The van der Waals surface area contributed by atoms with Gasteiger partial charge in [0.1, 0.15) is 12.5 Å². The van der Waals surface area contributed by atoms with Gasteiger partial charge in [0.25, 0.3) is 17.0 Å². The van der Waals surface area contributed by atoms with E-state index in [4.69, 9.17) is 0 Å². The van der Waals surface area contributed by atoms with E-state index in [1.54, 1.807) is 6.92 Å². The lowest BCUT2D eigenvalue weighted by molar-refractivity contribution is 0.0136. The average Bonchev–Trinajstić information content (AvgIpc) is 3.52. The first-order valence-corrected chi connectivity index (χ1v) is 10.1. The van der Waals surface area contributed by atoms with E-state index in [0.717, 1.165) is 16.8 Å². The highest BCUT2D eigenvalue weighted by molar-refractivity contribution is 5.90. The molecule has 32 heavy (non-hydrogen) atoms. The number of aromatic nitrogens is 3. The number of nitrogens with zero attached hydrogens (tertiary/aromatic N) is 3. The van der Waals surface area contributed by atoms with E-state index in [-0.39, 0.29) is 22.2 Å². The number of anilines is 1. The molecule has 1 atom stereocenters. The predicted octanol–water partition coefficient (Wildman–Crippen LogP) is 3.98. The molecule has 1 aliphatic carbocycles. The van der Waals surface area contributed by atoms with E-state index >= 15 is 0 Å². The minimum absolute atomic E-state index is 0.0106. The van der Waals surface area contributed by atoms with Crippen LogP contribution in [0.4, 0.5) is 23.4 Å². The molecule has 1 aliphatic rings. The van der Waals surface area contributed by atoms with Crippen LogP contribution in [0.25, 0.3) is 10.8 Å². The molecule has 0 unspecified atom stereocenters. The second kappa shape index (κ2) is 7.46. The second-order valence-electron chi connectivity index (χ2n) is 8.41. The Balaban J connectivity index is 1.83. The Morgan fingerprint density at radius 1 is 1.25 bits per heavy atom. The van der Waals surface area contributed by atoms with Gasteiger partial charge in [-0.3, -0.25) is 9.59 Å². The van der Waals surface area contributed by atoms with Crippen LogP contribution in [0.2, 0.25) is 0 Å². The number of alkyl halides is 3. The monoisotopic (exact) mass is 450 g/mol. The molecule has 1 N–H and O–H groups in total. The molecule has 3 aromatic rings. The van der Waals surface area contributed by atoms with Gasteiger partial charge in [0.05, 0.1) is 22.5 Å². The van der Waals surface area contributed by atoms with E-state index in [0.29, 0.717) is 19.8 Å². The highest BCUT2D eigenvalue weighted by Crippen LogP contribution is 2.43. The Bertz CT molecular complexity index is 1320. The lowest BCUT2D eigenvalue weighted by Crippen LogP contribution is -2.33. The van der Waals surface area contributed by atoms with Crippen molar-refractivity contribution in [3.05, 3.63) is 68.1 Å². The van der Waals surface area contributed by atoms with Gasteiger partial charge in [-0.1, -0.05) is 18.2 Å². The van der Waals surface area contributed by atoms with E-state index in [1.807, 2.05) is 0 Å². The lowest BCUT2D eigenvalue weighted by Gasteiger charge is -2.21. The smallest absolute Gasteiger partial charge is 0.274 e. The van der Waals surface area contributed by atoms with Gasteiger partial charge >= 0.3 is 0 Å². The largest absolute Gasteiger partial charge is 0.361 e. The second-order valence-corrected chi connectivity index (χ2v) is 8.41. The average molecular weight is 450 g/mol. The molecule has 4 rings (SSSR count). The van der Waals surface area contributed by atoms with Crippen molar-refractivity contribution in [3.8, 4) is 0 Å². The number of benzene rings is 1. The summed E-state index contributed by atoms with van der Waals surface area (Å²) in [5, 5.41) is 7.47. The normalized spacial score (nSPS) is 16.2. The van der Waals surface area contributed by atoms with Gasteiger partial charge in [-0.15, -0.1) is 0 Å². The van der Waals surface area contributed by atoms with Gasteiger partial charge in [-0.05, 0) is 19.8 Å². The number of halogens is 4. The van der Waals surface area contributed by atoms with Crippen molar-refractivity contribution in [1.82, 2.24) is 14.3 Å². The molecule has 0 aliphatic heterocycles. The van der Waals surface area contributed by atoms with Crippen molar-refractivity contribution in [3.63, 3.8) is 0 Å². The van der Waals surface area contributed by atoms with Crippen LogP contribution in [0.3, 0.4) is 0 Å². The molecular formula is C22H22F4N4O2. The summed E-state index contributed by atoms with van der Waals surface area (Å²) in [7, 11) is 1.39. The molecule has 0 saturated heterocycles. The molecule has 1 aromatic carbocycles. The first-order valence-electron chi connectivity index (χ1n) is 10.1. The number of hydrogen-bond donors (Lipinski definition) is 1. The molecule has 1 fully saturated rings. The number of hydrogen-bond acceptors (Lipinski definition) is 4. The van der Waals surface area contributed by atoms with Gasteiger partial charge < -0.3 is 9.88 Å². The standard InChI is InChI=1S/C22H22F4N4O2/c1-12(13-5-4-6-16(18(13)24)21(2,25)26)27-19-15-10-30(22(11-23)7-8-22)17(31)9-14(15)20(32)29(3)28-19/h4-6,9-10,12H,7-8,11H2,1-3H3,(H,27,28)/t12-/m1/s1. The van der Waals surface area contributed by atoms with E-state index in [2.05, 4.69) is 10.4 Å². The summed E-state index contributed by atoms with van der Waals surface area (Å²) >= 11 is 0. The lowest BCUT2D eigenvalue weighted by atomic mass is 10.0. The zero-order valence-corrected chi connectivity index (χ0v) is 17.8. The number of nitrogens with one attached hydrogen (secondary N) is 1. The van der Waals surface area contributed by atoms with Crippen LogP contribution < -0.4 is 16.4 Å². The van der Waals surface area contributed by atoms with Crippen LogP contribution in [-0.2, 0) is 18.5 Å². The highest BCUT2D eigenvalue weighted by atomic mass is 19.3. The maximum Gasteiger partial charge on any atom is 0.274 e. The van der Waals surface area contributed by atoms with Crippen molar-refractivity contribution in [2.75, 3.05) is 12.0 Å². The number of pyridine rings is 1. The first kappa shape index (κ1) is 22.0. The Hall–Kier alpha value is -3.17. The third kappa shape index (κ3) is 3.57. The van der Waals surface area contributed by atoms with Crippen molar-refractivity contribution >= 4 is 16.6 Å². The van der Waals surface area contributed by atoms with E-state index in [1.165, 1.54) is 29.9 Å². The van der Waals surface area contributed by atoms with Crippen molar-refractivity contribution in [2.24, 2.45) is 7.05 Å². The SMILES string of the molecule is C[C@@H](Nc1nn(C)c(=O)c2cc(=O)n(C3(CF)CC3)cc12)c1cccc(C(C)(F)F)c1F. The van der Waals surface area contributed by atoms with Gasteiger partial charge in [-0.2, -0.15) is 5.10 Å². The molecule has 2 heterocycles. The van der Waals surface area contributed by atoms with E-state index in [9.17, 15) is 27.2 Å². The summed E-state index contributed by atoms with van der Waals surface area (Å²) in [4.78, 5) is 25.1. The maximum atomic E-state index is 14.8. The molecule has 10 heteroatoms. The van der Waals surface area contributed by atoms with Crippen LogP contribution in [0.1, 0.15) is 43.9 Å². The summed E-state index contributed by atoms with van der Waals surface area (Å²) in [6, 6.07) is 4.08. The van der Waals surface area contributed by atoms with Gasteiger partial charge in [0.2, 0.25) is 0 Å². The number of rotatable bonds is 6. The Morgan fingerprint density at radius 3 is 2.53 bits per heavy atom. The molecule has 0 spiro atoms. The first-order chi connectivity index (χ1) is 15.0. The summed E-state index contributed by atoms with van der Waals surface area (Å²) in [5.41, 5.74) is -2.69. The third-order valence-electron chi connectivity index (χ3n) is 5.99. The van der Waals surface area contributed by atoms with Gasteiger partial charge in [0, 0.05) is 37.2 Å². The van der Waals surface area contributed by atoms with Crippen LogP contribution >= 0.6 is 0 Å². The fraction of sp³-hybridized carbons (Fsp3) is 0.409. The number of aryl methyl sites for hydroxylation is 1. The Morgan fingerprint density at radius 2 is 1.94 bits per heavy atom. The molecule has 0 bridgehead atoms. The van der Waals surface area contributed by atoms with Crippen molar-refractivity contribution < 1.29 is 17.6 Å². The minimum Gasteiger partial charge on any atom is -0.361 e. The van der Waals surface area contributed by atoms with Crippen LogP contribution in [0.15, 0.2) is 40.1 Å².